The number of rotatable bonds is 12. The molecule has 1 amide bonds. The third-order valence-electron chi connectivity index (χ3n) is 6.04. The molecule has 0 saturated carbocycles. The van der Waals surface area contributed by atoms with E-state index < -0.39 is 5.31 Å². The van der Waals surface area contributed by atoms with Gasteiger partial charge in [0.05, 0.1) is 0 Å². The first-order valence-corrected chi connectivity index (χ1v) is 15.8. The molecule has 0 aliphatic heterocycles. The van der Waals surface area contributed by atoms with Crippen LogP contribution in [0.4, 0.5) is 0 Å². The predicted octanol–water partition coefficient (Wildman–Crippen LogP) is 4.72. The molecule has 0 unspecified atom stereocenters. The van der Waals surface area contributed by atoms with Crippen molar-refractivity contribution in [2.75, 3.05) is 26.3 Å². The van der Waals surface area contributed by atoms with Gasteiger partial charge < -0.3 is 0 Å². The molecule has 0 aliphatic rings. The van der Waals surface area contributed by atoms with Crippen molar-refractivity contribution in [3.05, 3.63) is 91.0 Å². The van der Waals surface area contributed by atoms with Crippen molar-refractivity contribution in [1.29, 1.82) is 0 Å². The van der Waals surface area contributed by atoms with Crippen molar-refractivity contribution in [1.82, 2.24) is 10.6 Å². The number of nitrogens with one attached hydrogen (secondary N) is 2. The molecule has 5 heteroatoms. The number of hydrogen-bond donors (Lipinski definition) is 2. The Morgan fingerprint density at radius 2 is 1.19 bits per heavy atom. The van der Waals surface area contributed by atoms with Gasteiger partial charge in [0.2, 0.25) is 0 Å². The van der Waals surface area contributed by atoms with E-state index in [2.05, 4.69) is 117 Å². The van der Waals surface area contributed by atoms with Crippen LogP contribution in [0.1, 0.15) is 25.7 Å². The number of benzene rings is 3. The van der Waals surface area contributed by atoms with Crippen molar-refractivity contribution in [2.24, 2.45) is 0 Å². The van der Waals surface area contributed by atoms with Gasteiger partial charge in [-0.25, -0.2) is 0 Å². The van der Waals surface area contributed by atoms with Crippen molar-refractivity contribution in [3.63, 3.8) is 0 Å². The van der Waals surface area contributed by atoms with E-state index in [9.17, 15) is 4.79 Å². The van der Waals surface area contributed by atoms with Gasteiger partial charge in [0.15, 0.2) is 0 Å². The molecule has 3 aromatic carbocycles. The Kier molecular flexibility index (Phi) is 9.04. The van der Waals surface area contributed by atoms with E-state index in [1.54, 1.807) is 0 Å². The number of amides is 1. The van der Waals surface area contributed by atoms with E-state index in [1.807, 2.05) is 7.05 Å². The van der Waals surface area contributed by atoms with Crippen LogP contribution in [0.3, 0.4) is 0 Å². The Morgan fingerprint density at radius 1 is 0.719 bits per heavy atom. The molecule has 0 bridgehead atoms. The second-order valence-electron chi connectivity index (χ2n) is 8.18. The van der Waals surface area contributed by atoms with Crippen LogP contribution >= 0.6 is 20.8 Å². The number of hydrogen-bond acceptors (Lipinski definition) is 2. The van der Waals surface area contributed by atoms with Crippen LogP contribution in [0.5, 0.6) is 0 Å². The topological polar surface area (TPSA) is 41.1 Å². The van der Waals surface area contributed by atoms with Gasteiger partial charge in [-0.2, -0.15) is 0 Å². The zero-order valence-electron chi connectivity index (χ0n) is 18.8. The summed E-state index contributed by atoms with van der Waals surface area (Å²) in [5.41, 5.74) is 0. The fraction of sp³-hybridized carbons (Fsp3) is 0.296. The summed E-state index contributed by atoms with van der Waals surface area (Å²) in [5, 5.41) is 7.35. The fourth-order valence-corrected chi connectivity index (χ4v) is 12.1. The van der Waals surface area contributed by atoms with Crippen molar-refractivity contribution < 1.29 is 4.79 Å². The number of carbonyl (C=O) groups excluding carboxylic acids is 1. The number of unbranched alkanes of at least 4 members (excludes halogenated alkanes) is 1. The second kappa shape index (κ2) is 11.7. The number of halogens is 1. The van der Waals surface area contributed by atoms with Gasteiger partial charge in [-0.3, -0.25) is 0 Å². The Labute approximate surface area is 200 Å². The van der Waals surface area contributed by atoms with Crippen LogP contribution < -0.4 is 26.5 Å². The monoisotopic (exact) mass is 512 g/mol. The first kappa shape index (κ1) is 24.6. The Bertz CT molecular complexity index is 867. The van der Waals surface area contributed by atoms with Crippen LogP contribution in [0.15, 0.2) is 91.0 Å². The van der Waals surface area contributed by atoms with E-state index in [0.717, 1.165) is 38.5 Å². The van der Waals surface area contributed by atoms with Crippen LogP contribution in [0.25, 0.3) is 0 Å². The van der Waals surface area contributed by atoms with Crippen LogP contribution in [0.2, 0.25) is 0 Å². The summed E-state index contributed by atoms with van der Waals surface area (Å²) in [4.78, 5) is 12.1. The van der Waals surface area contributed by atoms with E-state index in [-0.39, 0.29) is 5.91 Å². The average Bonchev–Trinajstić information content (AvgIpc) is 2.85. The third-order valence-corrected chi connectivity index (χ3v) is 16.1. The molecule has 32 heavy (non-hydrogen) atoms. The summed E-state index contributed by atoms with van der Waals surface area (Å²) in [5.74, 6) is 0.144. The van der Waals surface area contributed by atoms with Crippen molar-refractivity contribution in [2.45, 2.75) is 25.7 Å². The Morgan fingerprint density at radius 3 is 1.62 bits per heavy atom. The second-order valence-corrected chi connectivity index (χ2v) is 17.2. The third kappa shape index (κ3) is 5.49. The average molecular weight is 513 g/mol. The van der Waals surface area contributed by atoms with Gasteiger partial charge in [-0.05, 0) is 0 Å². The minimum absolute atomic E-state index is 0.144. The molecular formula is C27H34BrN2OP. The van der Waals surface area contributed by atoms with Crippen LogP contribution in [-0.2, 0) is 4.79 Å². The summed E-state index contributed by atoms with van der Waals surface area (Å²) < 4.78 is 0. The van der Waals surface area contributed by atoms with Gasteiger partial charge in [0, 0.05) is 0 Å². The van der Waals surface area contributed by atoms with Gasteiger partial charge in [-0.1, -0.05) is 0 Å². The molecule has 0 radical (unpaired) electrons. The first-order chi connectivity index (χ1) is 15.6. The molecule has 0 heterocycles. The molecule has 170 valence electrons. The quantitative estimate of drug-likeness (QED) is 0.272. The van der Waals surface area contributed by atoms with Crippen molar-refractivity contribution in [3.8, 4) is 0 Å². The van der Waals surface area contributed by atoms with Crippen molar-refractivity contribution >= 4 is 42.6 Å². The van der Waals surface area contributed by atoms with Gasteiger partial charge in [-0.15, -0.1) is 0 Å². The first-order valence-electron chi connectivity index (χ1n) is 11.4. The maximum atomic E-state index is 12.1. The summed E-state index contributed by atoms with van der Waals surface area (Å²) >= 11 is 4.48. The van der Waals surface area contributed by atoms with E-state index in [0.29, 0.717) is 6.42 Å². The molecule has 3 rings (SSSR count). The summed E-state index contributed by atoms with van der Waals surface area (Å²) in [6, 6.07) is 32.6. The standard InChI is InChI=1S/C27H34BrN2OP/c1-29-21-13-20-27(31)30-22-11-12-23-32(28,24-14-5-2-6-15-24,25-16-7-3-8-17-25)26-18-9-4-10-19-26/h2-10,14-19,29H,11-13,20-23H2,1H3,(H,30,31). The Hall–Kier alpha value is -2.00. The van der Waals surface area contributed by atoms with E-state index in [4.69, 9.17) is 0 Å². The molecule has 0 atom stereocenters. The zero-order chi connectivity index (χ0) is 22.7. The van der Waals surface area contributed by atoms with Gasteiger partial charge in [0.25, 0.3) is 0 Å². The predicted molar refractivity (Wildman–Crippen MR) is 144 cm³/mol. The minimum atomic E-state index is -2.85. The molecule has 2 N–H and O–H groups in total. The molecule has 0 aromatic heterocycles. The molecule has 0 saturated heterocycles. The van der Waals surface area contributed by atoms with Gasteiger partial charge in [0.1, 0.15) is 0 Å². The molecule has 0 spiro atoms. The maximum absolute atomic E-state index is 12.1. The SMILES string of the molecule is CNCCCC(=O)NCCCCP(Br)(c1ccccc1)(c1ccccc1)c1ccccc1. The summed E-state index contributed by atoms with van der Waals surface area (Å²) in [6.45, 7) is 1.59. The molecule has 0 aliphatic carbocycles. The fourth-order valence-electron chi connectivity index (χ4n) is 4.33. The normalized spacial score (nSPS) is 12.6. The Balaban J connectivity index is 1.86. The molecule has 3 nitrogen and oxygen atoms in total. The van der Waals surface area contributed by atoms with Crippen LogP contribution in [-0.4, -0.2) is 32.2 Å². The van der Waals surface area contributed by atoms with E-state index >= 15 is 0 Å². The van der Waals surface area contributed by atoms with Gasteiger partial charge >= 0.3 is 201 Å². The van der Waals surface area contributed by atoms with Crippen LogP contribution in [0, 0.1) is 0 Å². The summed E-state index contributed by atoms with van der Waals surface area (Å²) in [7, 11) is 1.91. The zero-order valence-corrected chi connectivity index (χ0v) is 21.3. The van der Waals surface area contributed by atoms with E-state index in [1.165, 1.54) is 15.9 Å². The molecule has 0 fully saturated rings. The molecular weight excluding hydrogens is 479 g/mol. The summed E-state index contributed by atoms with van der Waals surface area (Å²) in [6.07, 6.45) is 4.42. The molecule has 3 aromatic rings. The number of carbonyl (C=O) groups is 1.